The lowest BCUT2D eigenvalue weighted by molar-refractivity contribution is 0.1000. The number of hydrogen-bond donors (Lipinski definition) is 1. The van der Waals surface area contributed by atoms with Crippen LogP contribution in [0.1, 0.15) is 15.9 Å². The number of carbonyl (C=O) groups is 1. The fraction of sp³-hybridized carbons (Fsp3) is 0.0769. The molecule has 86 valence electrons. The third kappa shape index (κ3) is 3.32. The number of nitrogens with zero attached hydrogens (tertiary/aromatic N) is 1. The molecule has 0 saturated heterocycles. The summed E-state index contributed by atoms with van der Waals surface area (Å²) < 4.78 is 0. The predicted molar refractivity (Wildman–Crippen MR) is 68.8 cm³/mol. The molecule has 2 N–H and O–H groups in total. The minimum absolute atomic E-state index is 0.394. The van der Waals surface area contributed by atoms with E-state index in [0.717, 1.165) is 16.3 Å². The number of amides is 1. The molecule has 4 heteroatoms. The Hall–Kier alpha value is -1.81. The number of nitrogens with two attached hydrogens (primary N) is 1. The summed E-state index contributed by atoms with van der Waals surface area (Å²) >= 11 is 1.63. The molecule has 1 aromatic carbocycles. The summed E-state index contributed by atoms with van der Waals surface area (Å²) in [5.74, 6) is 0.382. The maximum Gasteiger partial charge on any atom is 0.248 e. The number of carbonyl (C=O) groups excluding carboxylic acids is 1. The van der Waals surface area contributed by atoms with Gasteiger partial charge in [0, 0.05) is 17.5 Å². The zero-order valence-corrected chi connectivity index (χ0v) is 9.98. The van der Waals surface area contributed by atoms with Crippen molar-refractivity contribution in [2.75, 3.05) is 0 Å². The van der Waals surface area contributed by atoms with Crippen LogP contribution in [0.4, 0.5) is 0 Å². The van der Waals surface area contributed by atoms with Crippen molar-refractivity contribution in [1.29, 1.82) is 0 Å². The van der Waals surface area contributed by atoms with E-state index in [1.54, 1.807) is 24.0 Å². The van der Waals surface area contributed by atoms with Gasteiger partial charge < -0.3 is 5.73 Å². The molecule has 0 aliphatic rings. The molecule has 2 aromatic rings. The monoisotopic (exact) mass is 244 g/mol. The molecule has 1 amide bonds. The van der Waals surface area contributed by atoms with Crippen LogP contribution in [0.25, 0.3) is 0 Å². The van der Waals surface area contributed by atoms with Gasteiger partial charge in [0.25, 0.3) is 0 Å². The van der Waals surface area contributed by atoms with Gasteiger partial charge in [0.2, 0.25) is 5.91 Å². The maximum absolute atomic E-state index is 11.0. The van der Waals surface area contributed by atoms with Crippen molar-refractivity contribution in [2.45, 2.75) is 10.8 Å². The van der Waals surface area contributed by atoms with Crippen LogP contribution in [0, 0.1) is 0 Å². The summed E-state index contributed by atoms with van der Waals surface area (Å²) in [7, 11) is 0. The van der Waals surface area contributed by atoms with E-state index in [1.807, 2.05) is 36.4 Å². The second-order valence-corrected chi connectivity index (χ2v) is 4.52. The first-order chi connectivity index (χ1) is 8.25. The summed E-state index contributed by atoms with van der Waals surface area (Å²) in [6, 6.07) is 13.2. The molecule has 0 aliphatic heterocycles. The summed E-state index contributed by atoms with van der Waals surface area (Å²) in [5.41, 5.74) is 6.84. The van der Waals surface area contributed by atoms with E-state index >= 15 is 0 Å². The highest BCUT2D eigenvalue weighted by molar-refractivity contribution is 7.98. The van der Waals surface area contributed by atoms with Gasteiger partial charge in [0.15, 0.2) is 0 Å². The highest BCUT2D eigenvalue weighted by atomic mass is 32.2. The Morgan fingerprint density at radius 3 is 2.82 bits per heavy atom. The minimum atomic E-state index is -0.394. The number of rotatable bonds is 4. The van der Waals surface area contributed by atoms with Crippen LogP contribution < -0.4 is 5.73 Å². The summed E-state index contributed by atoms with van der Waals surface area (Å²) in [6.45, 7) is 0. The Balaban J connectivity index is 2.04. The van der Waals surface area contributed by atoms with Crippen molar-refractivity contribution in [3.05, 3.63) is 59.8 Å². The van der Waals surface area contributed by atoms with Crippen molar-refractivity contribution in [2.24, 2.45) is 5.73 Å². The average Bonchev–Trinajstić information content (AvgIpc) is 2.38. The van der Waals surface area contributed by atoms with Crippen molar-refractivity contribution in [3.63, 3.8) is 0 Å². The Labute approximate surface area is 104 Å². The van der Waals surface area contributed by atoms with Crippen molar-refractivity contribution >= 4 is 17.7 Å². The van der Waals surface area contributed by atoms with Crippen LogP contribution in [-0.4, -0.2) is 10.9 Å². The van der Waals surface area contributed by atoms with Gasteiger partial charge >= 0.3 is 0 Å². The second kappa shape index (κ2) is 5.50. The molecule has 0 aliphatic carbocycles. The topological polar surface area (TPSA) is 56.0 Å². The van der Waals surface area contributed by atoms with Crippen molar-refractivity contribution in [1.82, 2.24) is 4.98 Å². The van der Waals surface area contributed by atoms with Crippen LogP contribution in [0.3, 0.4) is 0 Å². The molecule has 0 unspecified atom stereocenters. The molecule has 1 aromatic heterocycles. The lowest BCUT2D eigenvalue weighted by Crippen LogP contribution is -2.10. The summed E-state index contributed by atoms with van der Waals surface area (Å²) in [4.78, 5) is 15.3. The largest absolute Gasteiger partial charge is 0.366 e. The fourth-order valence-corrected chi connectivity index (χ4v) is 2.21. The van der Waals surface area contributed by atoms with Gasteiger partial charge in [0.1, 0.15) is 0 Å². The molecule has 2 rings (SSSR count). The molecule has 0 atom stereocenters. The lowest BCUT2D eigenvalue weighted by Gasteiger charge is -2.02. The van der Waals surface area contributed by atoms with Gasteiger partial charge in [-0.15, -0.1) is 11.8 Å². The molecule has 1 heterocycles. The highest BCUT2D eigenvalue weighted by Crippen LogP contribution is 2.20. The van der Waals surface area contributed by atoms with E-state index in [9.17, 15) is 4.79 Å². The van der Waals surface area contributed by atoms with E-state index < -0.39 is 5.91 Å². The van der Waals surface area contributed by atoms with Gasteiger partial charge in [0.05, 0.1) is 5.03 Å². The zero-order valence-electron chi connectivity index (χ0n) is 9.17. The van der Waals surface area contributed by atoms with Gasteiger partial charge in [-0.05, 0) is 29.8 Å². The number of thioether (sulfide) groups is 1. The standard InChI is InChI=1S/C13H12N2OS/c14-13(16)11-5-3-4-10(8-11)9-17-12-6-1-2-7-15-12/h1-8H,9H2,(H2,14,16). The Kier molecular flexibility index (Phi) is 3.77. The molecule has 0 radical (unpaired) electrons. The van der Waals surface area contributed by atoms with Crippen LogP contribution in [-0.2, 0) is 5.75 Å². The third-order valence-corrected chi connectivity index (χ3v) is 3.25. The molecule has 0 bridgehead atoms. The molecule has 0 spiro atoms. The fourth-order valence-electron chi connectivity index (χ4n) is 1.40. The minimum Gasteiger partial charge on any atom is -0.366 e. The second-order valence-electron chi connectivity index (χ2n) is 3.52. The first-order valence-corrected chi connectivity index (χ1v) is 6.17. The van der Waals surface area contributed by atoms with Gasteiger partial charge in [-0.25, -0.2) is 4.98 Å². The van der Waals surface area contributed by atoms with Crippen molar-refractivity contribution in [3.8, 4) is 0 Å². The number of benzene rings is 1. The molecule has 0 saturated carbocycles. The number of aromatic nitrogens is 1. The lowest BCUT2D eigenvalue weighted by atomic mass is 10.1. The molecular formula is C13H12N2OS. The molecular weight excluding hydrogens is 232 g/mol. The number of pyridine rings is 1. The van der Waals surface area contributed by atoms with Crippen molar-refractivity contribution < 1.29 is 4.79 Å². The Morgan fingerprint density at radius 1 is 1.24 bits per heavy atom. The quantitative estimate of drug-likeness (QED) is 0.840. The van der Waals surface area contributed by atoms with E-state index in [4.69, 9.17) is 5.73 Å². The van der Waals surface area contributed by atoms with Crippen LogP contribution in [0.2, 0.25) is 0 Å². The summed E-state index contributed by atoms with van der Waals surface area (Å²) in [5, 5.41) is 0.969. The van der Waals surface area contributed by atoms with E-state index in [-0.39, 0.29) is 0 Å². The number of hydrogen-bond acceptors (Lipinski definition) is 3. The SMILES string of the molecule is NC(=O)c1cccc(CSc2ccccn2)c1. The van der Waals surface area contributed by atoms with E-state index in [1.165, 1.54) is 0 Å². The van der Waals surface area contributed by atoms with Gasteiger partial charge in [-0.3, -0.25) is 4.79 Å². The zero-order chi connectivity index (χ0) is 12.1. The summed E-state index contributed by atoms with van der Waals surface area (Å²) in [6.07, 6.45) is 1.77. The predicted octanol–water partition coefficient (Wildman–Crippen LogP) is 2.47. The van der Waals surface area contributed by atoms with Gasteiger partial charge in [-0.2, -0.15) is 0 Å². The van der Waals surface area contributed by atoms with Crippen LogP contribution in [0.15, 0.2) is 53.7 Å². The normalized spacial score (nSPS) is 10.1. The van der Waals surface area contributed by atoms with Crippen LogP contribution >= 0.6 is 11.8 Å². The van der Waals surface area contributed by atoms with E-state index in [2.05, 4.69) is 4.98 Å². The van der Waals surface area contributed by atoms with Gasteiger partial charge in [-0.1, -0.05) is 18.2 Å². The van der Waals surface area contributed by atoms with Crippen LogP contribution in [0.5, 0.6) is 0 Å². The number of primary amides is 1. The maximum atomic E-state index is 11.0. The smallest absolute Gasteiger partial charge is 0.248 e. The molecule has 0 fully saturated rings. The highest BCUT2D eigenvalue weighted by Gasteiger charge is 2.02. The molecule has 3 nitrogen and oxygen atoms in total. The first-order valence-electron chi connectivity index (χ1n) is 5.18. The first kappa shape index (κ1) is 11.7. The molecule has 17 heavy (non-hydrogen) atoms. The van der Waals surface area contributed by atoms with E-state index in [0.29, 0.717) is 5.56 Å². The average molecular weight is 244 g/mol. The Morgan fingerprint density at radius 2 is 2.12 bits per heavy atom. The third-order valence-electron chi connectivity index (χ3n) is 2.24. The Bertz CT molecular complexity index is 514.